The number of hydrogen-bond acceptors (Lipinski definition) is 5. The lowest BCUT2D eigenvalue weighted by molar-refractivity contribution is 0.0994. The van der Waals surface area contributed by atoms with Crippen molar-refractivity contribution < 1.29 is 4.79 Å². The van der Waals surface area contributed by atoms with Crippen LogP contribution in [0.25, 0.3) is 10.2 Å². The number of thioether (sulfide) groups is 1. The van der Waals surface area contributed by atoms with Crippen LogP contribution in [0, 0.1) is 0 Å². The first-order chi connectivity index (χ1) is 12.6. The van der Waals surface area contributed by atoms with Gasteiger partial charge in [-0.3, -0.25) is 14.2 Å². The maximum atomic E-state index is 12.9. The lowest BCUT2D eigenvalue weighted by Gasteiger charge is -2.13. The van der Waals surface area contributed by atoms with Crippen molar-refractivity contribution in [2.24, 2.45) is 7.05 Å². The fourth-order valence-corrected chi connectivity index (χ4v) is 5.68. The van der Waals surface area contributed by atoms with E-state index in [9.17, 15) is 9.59 Å². The molecule has 3 aromatic rings. The number of fused-ring (bicyclic) bond motifs is 3. The predicted molar refractivity (Wildman–Crippen MR) is 108 cm³/mol. The van der Waals surface area contributed by atoms with E-state index in [0.717, 1.165) is 29.5 Å². The van der Waals surface area contributed by atoms with Gasteiger partial charge in [0, 0.05) is 17.5 Å². The summed E-state index contributed by atoms with van der Waals surface area (Å²) in [6.07, 6.45) is 4.35. The number of aromatic nitrogens is 2. The standard InChI is InChI=1S/C20H20N2O2S2/c1-12(17(23)13-8-4-3-5-9-13)25-20-21-18-16(19(24)22(20)2)14-10-6-7-11-15(14)26-18/h3-5,8-9,12H,6-7,10-11H2,1-2H3/t12-/m0/s1. The normalized spacial score (nSPS) is 15.0. The lowest BCUT2D eigenvalue weighted by Crippen LogP contribution is -2.22. The van der Waals surface area contributed by atoms with Crippen molar-refractivity contribution in [2.75, 3.05) is 0 Å². The van der Waals surface area contributed by atoms with E-state index in [1.807, 2.05) is 37.3 Å². The minimum atomic E-state index is -0.303. The first kappa shape index (κ1) is 17.5. The Kier molecular flexibility index (Phi) is 4.71. The second-order valence-electron chi connectivity index (χ2n) is 6.64. The van der Waals surface area contributed by atoms with E-state index >= 15 is 0 Å². The molecule has 0 aliphatic heterocycles. The van der Waals surface area contributed by atoms with Crippen LogP contribution in [-0.4, -0.2) is 20.6 Å². The van der Waals surface area contributed by atoms with Gasteiger partial charge in [-0.05, 0) is 38.2 Å². The van der Waals surface area contributed by atoms with Gasteiger partial charge in [-0.15, -0.1) is 11.3 Å². The van der Waals surface area contributed by atoms with E-state index in [-0.39, 0.29) is 16.6 Å². The summed E-state index contributed by atoms with van der Waals surface area (Å²) in [5, 5.41) is 1.10. The summed E-state index contributed by atoms with van der Waals surface area (Å²) in [5.41, 5.74) is 1.90. The molecule has 2 aromatic heterocycles. The maximum Gasteiger partial charge on any atom is 0.262 e. The molecular formula is C20H20N2O2S2. The summed E-state index contributed by atoms with van der Waals surface area (Å²) in [5.74, 6) is 0.0513. The molecule has 4 nitrogen and oxygen atoms in total. The Hall–Kier alpha value is -1.92. The van der Waals surface area contributed by atoms with Crippen molar-refractivity contribution in [1.82, 2.24) is 9.55 Å². The number of Topliss-reactive ketones (excluding diaryl/α,β-unsaturated/α-hetero) is 1. The Labute approximate surface area is 160 Å². The average molecular weight is 385 g/mol. The fourth-order valence-electron chi connectivity index (χ4n) is 3.42. The van der Waals surface area contributed by atoms with E-state index in [1.165, 1.54) is 28.6 Å². The van der Waals surface area contributed by atoms with Crippen LogP contribution in [0.2, 0.25) is 0 Å². The van der Waals surface area contributed by atoms with Gasteiger partial charge in [0.2, 0.25) is 0 Å². The molecule has 0 spiro atoms. The van der Waals surface area contributed by atoms with Crippen molar-refractivity contribution in [2.45, 2.75) is 43.0 Å². The van der Waals surface area contributed by atoms with E-state index in [2.05, 4.69) is 0 Å². The van der Waals surface area contributed by atoms with Crippen LogP contribution in [0.5, 0.6) is 0 Å². The number of ketones is 1. The maximum absolute atomic E-state index is 12.9. The third kappa shape index (κ3) is 3.01. The molecule has 0 saturated carbocycles. The van der Waals surface area contributed by atoms with Gasteiger partial charge in [0.05, 0.1) is 10.6 Å². The van der Waals surface area contributed by atoms with Crippen LogP contribution < -0.4 is 5.56 Å². The molecule has 6 heteroatoms. The second kappa shape index (κ2) is 7.00. The number of thiophene rings is 1. The third-order valence-electron chi connectivity index (χ3n) is 4.87. The number of carbonyl (C=O) groups is 1. The molecule has 134 valence electrons. The number of hydrogen-bond donors (Lipinski definition) is 0. The van der Waals surface area contributed by atoms with E-state index in [4.69, 9.17) is 4.98 Å². The van der Waals surface area contributed by atoms with Gasteiger partial charge in [0.15, 0.2) is 10.9 Å². The number of benzene rings is 1. The topological polar surface area (TPSA) is 52.0 Å². The average Bonchev–Trinajstić information content (AvgIpc) is 3.04. The lowest BCUT2D eigenvalue weighted by atomic mass is 9.97. The largest absolute Gasteiger partial charge is 0.293 e. The number of rotatable bonds is 4. The van der Waals surface area contributed by atoms with Gasteiger partial charge in [-0.2, -0.15) is 0 Å². The van der Waals surface area contributed by atoms with Gasteiger partial charge in [-0.25, -0.2) is 4.98 Å². The molecule has 1 atom stereocenters. The first-order valence-electron chi connectivity index (χ1n) is 8.83. The molecule has 0 unspecified atom stereocenters. The Morgan fingerprint density at radius 2 is 1.96 bits per heavy atom. The second-order valence-corrected chi connectivity index (χ2v) is 9.03. The summed E-state index contributed by atoms with van der Waals surface area (Å²) < 4.78 is 1.60. The zero-order valence-electron chi connectivity index (χ0n) is 14.8. The molecule has 1 aromatic carbocycles. The molecule has 0 bridgehead atoms. The monoisotopic (exact) mass is 384 g/mol. The molecule has 0 amide bonds. The SMILES string of the molecule is C[C@H](Sc1nc2sc3c(c2c(=O)n1C)CCCC3)C(=O)c1ccccc1. The van der Waals surface area contributed by atoms with E-state index < -0.39 is 0 Å². The van der Waals surface area contributed by atoms with Gasteiger partial charge in [0.25, 0.3) is 5.56 Å². The zero-order valence-corrected chi connectivity index (χ0v) is 16.5. The molecule has 0 fully saturated rings. The summed E-state index contributed by atoms with van der Waals surface area (Å²) in [4.78, 5) is 32.5. The molecule has 2 heterocycles. The Morgan fingerprint density at radius 3 is 2.73 bits per heavy atom. The Balaban J connectivity index is 1.70. The van der Waals surface area contributed by atoms with Crippen LogP contribution in [0.1, 0.15) is 40.6 Å². The quantitative estimate of drug-likeness (QED) is 0.384. The van der Waals surface area contributed by atoms with Crippen LogP contribution in [0.15, 0.2) is 40.3 Å². The van der Waals surface area contributed by atoms with Gasteiger partial charge in [-0.1, -0.05) is 42.1 Å². The fraction of sp³-hybridized carbons (Fsp3) is 0.350. The molecule has 4 rings (SSSR count). The summed E-state index contributed by atoms with van der Waals surface area (Å²) >= 11 is 3.00. The molecule has 0 saturated heterocycles. The summed E-state index contributed by atoms with van der Waals surface area (Å²) in [6, 6.07) is 9.26. The Morgan fingerprint density at radius 1 is 1.23 bits per heavy atom. The molecule has 1 aliphatic carbocycles. The molecular weight excluding hydrogens is 364 g/mol. The Bertz CT molecular complexity index is 1040. The molecule has 1 aliphatic rings. The number of aryl methyl sites for hydroxylation is 2. The van der Waals surface area contributed by atoms with E-state index in [1.54, 1.807) is 23.0 Å². The minimum absolute atomic E-state index is 0.0104. The van der Waals surface area contributed by atoms with E-state index in [0.29, 0.717) is 10.7 Å². The van der Waals surface area contributed by atoms with Crippen LogP contribution in [-0.2, 0) is 19.9 Å². The molecule has 26 heavy (non-hydrogen) atoms. The van der Waals surface area contributed by atoms with Crippen molar-refractivity contribution in [3.63, 3.8) is 0 Å². The summed E-state index contributed by atoms with van der Waals surface area (Å²) in [7, 11) is 1.75. The van der Waals surface area contributed by atoms with Gasteiger partial charge >= 0.3 is 0 Å². The number of nitrogens with zero attached hydrogens (tertiary/aromatic N) is 2. The van der Waals surface area contributed by atoms with Crippen LogP contribution >= 0.6 is 23.1 Å². The van der Waals surface area contributed by atoms with Crippen LogP contribution in [0.4, 0.5) is 0 Å². The smallest absolute Gasteiger partial charge is 0.262 e. The predicted octanol–water partition coefficient (Wildman–Crippen LogP) is 4.24. The highest BCUT2D eigenvalue weighted by molar-refractivity contribution is 8.00. The molecule has 0 N–H and O–H groups in total. The van der Waals surface area contributed by atoms with Crippen molar-refractivity contribution >= 4 is 39.1 Å². The molecule has 0 radical (unpaired) electrons. The van der Waals surface area contributed by atoms with Crippen molar-refractivity contribution in [3.8, 4) is 0 Å². The van der Waals surface area contributed by atoms with Crippen LogP contribution in [0.3, 0.4) is 0 Å². The third-order valence-corrected chi connectivity index (χ3v) is 7.19. The van der Waals surface area contributed by atoms with Crippen molar-refractivity contribution in [3.05, 3.63) is 56.7 Å². The highest BCUT2D eigenvalue weighted by atomic mass is 32.2. The van der Waals surface area contributed by atoms with Crippen molar-refractivity contribution in [1.29, 1.82) is 0 Å². The summed E-state index contributed by atoms with van der Waals surface area (Å²) in [6.45, 7) is 1.87. The highest BCUT2D eigenvalue weighted by Gasteiger charge is 2.23. The first-order valence-corrected chi connectivity index (χ1v) is 10.5. The minimum Gasteiger partial charge on any atom is -0.293 e. The highest BCUT2D eigenvalue weighted by Crippen LogP contribution is 2.35. The number of carbonyl (C=O) groups excluding carboxylic acids is 1. The van der Waals surface area contributed by atoms with Gasteiger partial charge in [0.1, 0.15) is 4.83 Å². The zero-order chi connectivity index (χ0) is 18.3. The van der Waals surface area contributed by atoms with Gasteiger partial charge < -0.3 is 0 Å².